The Labute approximate surface area is 168 Å². The van der Waals surface area contributed by atoms with Crippen molar-refractivity contribution in [1.82, 2.24) is 19.8 Å². The number of nitrogens with zero attached hydrogens (tertiary/aromatic N) is 5. The quantitative estimate of drug-likeness (QED) is 0.267. The Balaban J connectivity index is 1.83. The number of rotatable bonds is 7. The van der Waals surface area contributed by atoms with Crippen LogP contribution in [0.2, 0.25) is 0 Å². The van der Waals surface area contributed by atoms with Crippen molar-refractivity contribution < 1.29 is 9.57 Å². The summed E-state index contributed by atoms with van der Waals surface area (Å²) in [6, 6.07) is 13.1. The van der Waals surface area contributed by atoms with Crippen molar-refractivity contribution >= 4 is 5.71 Å². The van der Waals surface area contributed by atoms with Gasteiger partial charge in [-0.15, -0.1) is 6.42 Å². The second-order valence-electron chi connectivity index (χ2n) is 6.34. The van der Waals surface area contributed by atoms with E-state index in [-0.39, 0.29) is 18.9 Å². The van der Waals surface area contributed by atoms with Crippen LogP contribution in [0.1, 0.15) is 23.6 Å². The number of oxime groups is 1. The number of ether oxygens (including phenoxy) is 1. The third-order valence-electron chi connectivity index (χ3n) is 4.32. The fraction of sp³-hybridized carbons (Fsp3) is 0.238. The smallest absolute Gasteiger partial charge is 0.368 e. The van der Waals surface area contributed by atoms with Gasteiger partial charge in [0.05, 0.1) is 11.4 Å². The van der Waals surface area contributed by atoms with Gasteiger partial charge < -0.3 is 9.57 Å². The molecule has 0 aliphatic rings. The maximum absolute atomic E-state index is 12.3. The van der Waals surface area contributed by atoms with Gasteiger partial charge in [-0.1, -0.05) is 35.3 Å². The number of hydrogen-bond donors (Lipinski definition) is 0. The molecule has 148 valence electrons. The second kappa shape index (κ2) is 8.89. The molecular weight excluding hydrogens is 370 g/mol. The molecule has 0 atom stereocenters. The average Bonchev–Trinajstić information content (AvgIpc) is 3.05. The highest BCUT2D eigenvalue weighted by Gasteiger charge is 2.13. The largest absolute Gasteiger partial charge is 0.489 e. The van der Waals surface area contributed by atoms with E-state index in [0.29, 0.717) is 17.1 Å². The summed E-state index contributed by atoms with van der Waals surface area (Å²) in [7, 11) is 1.56. The van der Waals surface area contributed by atoms with Crippen molar-refractivity contribution in [2.75, 3.05) is 6.61 Å². The van der Waals surface area contributed by atoms with E-state index < -0.39 is 0 Å². The number of hydrogen-bond acceptors (Lipinski definition) is 6. The molecular formula is C21H21N5O3. The summed E-state index contributed by atoms with van der Waals surface area (Å²) >= 11 is 0. The van der Waals surface area contributed by atoms with E-state index in [2.05, 4.69) is 21.5 Å². The molecule has 1 aromatic heterocycles. The molecule has 0 amide bonds. The SMILES string of the molecule is C#CCO/N=C(\C)c1cccc(OCc2c(C)cccc2-n2nnn(C)c2=O)c1. The van der Waals surface area contributed by atoms with E-state index in [4.69, 9.17) is 16.0 Å². The lowest BCUT2D eigenvalue weighted by molar-refractivity contribution is 0.180. The molecule has 3 rings (SSSR count). The van der Waals surface area contributed by atoms with Gasteiger partial charge in [0.2, 0.25) is 0 Å². The normalized spacial score (nSPS) is 11.2. The van der Waals surface area contributed by atoms with Gasteiger partial charge in [0.25, 0.3) is 0 Å². The van der Waals surface area contributed by atoms with E-state index in [1.165, 1.54) is 9.36 Å². The van der Waals surface area contributed by atoms with Crippen molar-refractivity contribution in [1.29, 1.82) is 0 Å². The van der Waals surface area contributed by atoms with Crippen LogP contribution in [0.4, 0.5) is 0 Å². The van der Waals surface area contributed by atoms with Crippen LogP contribution < -0.4 is 10.4 Å². The van der Waals surface area contributed by atoms with E-state index >= 15 is 0 Å². The van der Waals surface area contributed by atoms with Crippen LogP contribution in [-0.2, 0) is 18.5 Å². The molecule has 0 saturated carbocycles. The zero-order chi connectivity index (χ0) is 20.8. The highest BCUT2D eigenvalue weighted by Crippen LogP contribution is 2.21. The van der Waals surface area contributed by atoms with Gasteiger partial charge in [-0.3, -0.25) is 0 Å². The second-order valence-corrected chi connectivity index (χ2v) is 6.34. The van der Waals surface area contributed by atoms with Gasteiger partial charge in [0, 0.05) is 18.2 Å². The third kappa shape index (κ3) is 4.52. The van der Waals surface area contributed by atoms with Crippen LogP contribution in [-0.4, -0.2) is 32.1 Å². The van der Waals surface area contributed by atoms with Crippen molar-refractivity contribution in [2.45, 2.75) is 20.5 Å². The molecule has 0 aliphatic carbocycles. The molecule has 1 heterocycles. The first-order valence-electron chi connectivity index (χ1n) is 8.92. The van der Waals surface area contributed by atoms with Gasteiger partial charge in [-0.25, -0.2) is 4.79 Å². The van der Waals surface area contributed by atoms with Crippen LogP contribution in [0, 0.1) is 19.3 Å². The number of aryl methyl sites for hydroxylation is 2. The predicted octanol–water partition coefficient (Wildman–Crippen LogP) is 2.23. The van der Waals surface area contributed by atoms with Gasteiger partial charge >= 0.3 is 5.69 Å². The van der Waals surface area contributed by atoms with Gasteiger partial charge in [0.15, 0.2) is 6.61 Å². The lowest BCUT2D eigenvalue weighted by Crippen LogP contribution is -2.23. The highest BCUT2D eigenvalue weighted by molar-refractivity contribution is 5.98. The molecule has 0 aliphatic heterocycles. The molecule has 0 radical (unpaired) electrons. The van der Waals surface area contributed by atoms with Crippen molar-refractivity contribution in [2.24, 2.45) is 12.2 Å². The monoisotopic (exact) mass is 391 g/mol. The van der Waals surface area contributed by atoms with Gasteiger partial charge in [0.1, 0.15) is 12.4 Å². The standard InChI is InChI=1S/C21H21N5O3/c1-5-12-29-22-16(3)17-9-7-10-18(13-17)28-14-19-15(2)8-6-11-20(19)26-21(27)25(4)23-24-26/h1,6-11,13H,12,14H2,2-4H3/b22-16+. The average molecular weight is 391 g/mol. The van der Waals surface area contributed by atoms with E-state index in [0.717, 1.165) is 16.7 Å². The summed E-state index contributed by atoms with van der Waals surface area (Å²) in [6.07, 6.45) is 5.15. The molecule has 8 heteroatoms. The van der Waals surface area contributed by atoms with Crippen LogP contribution >= 0.6 is 0 Å². The highest BCUT2D eigenvalue weighted by atomic mass is 16.6. The van der Waals surface area contributed by atoms with Crippen molar-refractivity contribution in [3.8, 4) is 23.8 Å². The Morgan fingerprint density at radius 1 is 1.24 bits per heavy atom. The van der Waals surface area contributed by atoms with Crippen LogP contribution in [0.25, 0.3) is 5.69 Å². The number of benzene rings is 2. The summed E-state index contributed by atoms with van der Waals surface area (Å²) < 4.78 is 8.45. The molecule has 0 bridgehead atoms. The molecule has 0 N–H and O–H groups in total. The van der Waals surface area contributed by atoms with Gasteiger partial charge in [-0.05, 0) is 48.0 Å². The summed E-state index contributed by atoms with van der Waals surface area (Å²) in [5, 5.41) is 11.7. The minimum atomic E-state index is -0.322. The lowest BCUT2D eigenvalue weighted by Gasteiger charge is -2.13. The van der Waals surface area contributed by atoms with Crippen LogP contribution in [0.5, 0.6) is 5.75 Å². The minimum Gasteiger partial charge on any atom is -0.489 e. The first kappa shape index (κ1) is 19.9. The minimum absolute atomic E-state index is 0.116. The zero-order valence-corrected chi connectivity index (χ0v) is 16.5. The number of terminal acetylenes is 1. The third-order valence-corrected chi connectivity index (χ3v) is 4.32. The zero-order valence-electron chi connectivity index (χ0n) is 16.5. The summed E-state index contributed by atoms with van der Waals surface area (Å²) in [4.78, 5) is 17.3. The molecule has 0 saturated heterocycles. The summed E-state index contributed by atoms with van der Waals surface area (Å²) in [6.45, 7) is 4.17. The van der Waals surface area contributed by atoms with Crippen LogP contribution in [0.3, 0.4) is 0 Å². The Hall–Kier alpha value is -3.86. The molecule has 2 aromatic carbocycles. The molecule has 0 fully saturated rings. The van der Waals surface area contributed by atoms with Gasteiger partial charge in [-0.2, -0.15) is 9.36 Å². The number of aromatic nitrogens is 4. The Bertz CT molecular complexity index is 1140. The Kier molecular flexibility index (Phi) is 6.09. The maximum Gasteiger partial charge on any atom is 0.368 e. The topological polar surface area (TPSA) is 83.5 Å². The maximum atomic E-state index is 12.3. The first-order chi connectivity index (χ1) is 14.0. The fourth-order valence-electron chi connectivity index (χ4n) is 2.72. The molecule has 8 nitrogen and oxygen atoms in total. The van der Waals surface area contributed by atoms with Crippen LogP contribution in [0.15, 0.2) is 52.4 Å². The molecule has 0 spiro atoms. The lowest BCUT2D eigenvalue weighted by atomic mass is 10.1. The Morgan fingerprint density at radius 2 is 2.03 bits per heavy atom. The van der Waals surface area contributed by atoms with E-state index in [9.17, 15) is 4.79 Å². The van der Waals surface area contributed by atoms with E-state index in [1.807, 2.05) is 56.3 Å². The molecule has 0 unspecified atom stereocenters. The number of tetrazole rings is 1. The summed E-state index contributed by atoms with van der Waals surface area (Å²) in [5.74, 6) is 3.03. The molecule has 29 heavy (non-hydrogen) atoms. The van der Waals surface area contributed by atoms with Crippen molar-refractivity contribution in [3.63, 3.8) is 0 Å². The first-order valence-corrected chi connectivity index (χ1v) is 8.92. The predicted molar refractivity (Wildman–Crippen MR) is 109 cm³/mol. The van der Waals surface area contributed by atoms with Crippen molar-refractivity contribution in [3.05, 3.63) is 69.6 Å². The summed E-state index contributed by atoms with van der Waals surface area (Å²) in [5.41, 5.74) is 3.69. The fourth-order valence-corrected chi connectivity index (χ4v) is 2.72. The Morgan fingerprint density at radius 3 is 2.76 bits per heavy atom. The van der Waals surface area contributed by atoms with E-state index in [1.54, 1.807) is 7.05 Å². The molecule has 3 aromatic rings.